The van der Waals surface area contributed by atoms with Crippen LogP contribution in [0.5, 0.6) is 5.75 Å². The summed E-state index contributed by atoms with van der Waals surface area (Å²) in [6, 6.07) is 5.70. The average Bonchev–Trinajstić information content (AvgIpc) is 2.90. The van der Waals surface area contributed by atoms with E-state index in [4.69, 9.17) is 4.74 Å². The highest BCUT2D eigenvalue weighted by atomic mass is 79.9. The molecule has 1 heterocycles. The van der Waals surface area contributed by atoms with Gasteiger partial charge in [0.05, 0.1) is 11.6 Å². The molecule has 1 fully saturated rings. The molecule has 1 N–H and O–H groups in total. The van der Waals surface area contributed by atoms with Gasteiger partial charge in [-0.2, -0.15) is 0 Å². The van der Waals surface area contributed by atoms with E-state index in [1.165, 1.54) is 0 Å². The van der Waals surface area contributed by atoms with Crippen molar-refractivity contribution in [2.75, 3.05) is 27.2 Å². The summed E-state index contributed by atoms with van der Waals surface area (Å²) in [4.78, 5) is 14.1. The lowest BCUT2D eigenvalue weighted by molar-refractivity contribution is 0.0743. The van der Waals surface area contributed by atoms with E-state index in [1.54, 1.807) is 25.3 Å². The van der Waals surface area contributed by atoms with Crippen LogP contribution in [0, 0.1) is 0 Å². The number of amides is 1. The van der Waals surface area contributed by atoms with E-state index in [-0.39, 0.29) is 18.3 Å². The van der Waals surface area contributed by atoms with Crippen LogP contribution in [0.3, 0.4) is 0 Å². The van der Waals surface area contributed by atoms with E-state index >= 15 is 0 Å². The Kier molecular flexibility index (Phi) is 6.10. The van der Waals surface area contributed by atoms with Crippen molar-refractivity contribution in [1.82, 2.24) is 10.2 Å². The van der Waals surface area contributed by atoms with Crippen molar-refractivity contribution in [3.05, 3.63) is 28.2 Å². The van der Waals surface area contributed by atoms with Gasteiger partial charge < -0.3 is 15.0 Å². The largest absolute Gasteiger partial charge is 0.496 e. The molecule has 0 aliphatic carbocycles. The number of hydrogen-bond donors (Lipinski definition) is 1. The first-order valence-electron chi connectivity index (χ1n) is 5.95. The summed E-state index contributed by atoms with van der Waals surface area (Å²) in [6.07, 6.45) is 1.01. The van der Waals surface area contributed by atoms with Gasteiger partial charge in [0.2, 0.25) is 0 Å². The minimum atomic E-state index is 0. The van der Waals surface area contributed by atoms with Crippen LogP contribution < -0.4 is 10.1 Å². The lowest BCUT2D eigenvalue weighted by Gasteiger charge is -2.24. The number of nitrogens with one attached hydrogen (secondary N) is 1. The Balaban J connectivity index is 0.00000180. The van der Waals surface area contributed by atoms with E-state index in [9.17, 15) is 4.79 Å². The van der Waals surface area contributed by atoms with Gasteiger partial charge in [-0.15, -0.1) is 12.4 Å². The molecule has 0 aromatic heterocycles. The minimum absolute atomic E-state index is 0. The fraction of sp³-hybridized carbons (Fsp3) is 0.462. The number of carbonyl (C=O) groups is 1. The molecule has 0 radical (unpaired) electrons. The van der Waals surface area contributed by atoms with Crippen LogP contribution in [0.25, 0.3) is 0 Å². The highest BCUT2D eigenvalue weighted by molar-refractivity contribution is 9.10. The predicted octanol–water partition coefficient (Wildman–Crippen LogP) is 2.31. The average molecular weight is 350 g/mol. The van der Waals surface area contributed by atoms with Crippen LogP contribution in [0.1, 0.15) is 16.8 Å². The molecule has 106 valence electrons. The van der Waals surface area contributed by atoms with Gasteiger partial charge >= 0.3 is 0 Å². The quantitative estimate of drug-likeness (QED) is 0.910. The second-order valence-corrected chi connectivity index (χ2v) is 5.27. The number of likely N-dealkylation sites (N-methyl/N-ethyl adjacent to an activating group) is 1. The summed E-state index contributed by atoms with van der Waals surface area (Å²) in [5, 5.41) is 3.27. The Morgan fingerprint density at radius 3 is 2.79 bits per heavy atom. The van der Waals surface area contributed by atoms with Gasteiger partial charge in [0.15, 0.2) is 0 Å². The molecule has 0 bridgehead atoms. The third-order valence-corrected chi connectivity index (χ3v) is 3.92. The third-order valence-electron chi connectivity index (χ3n) is 3.30. The summed E-state index contributed by atoms with van der Waals surface area (Å²) in [5.74, 6) is 0.781. The maximum Gasteiger partial charge on any atom is 0.253 e. The molecule has 0 saturated carbocycles. The summed E-state index contributed by atoms with van der Waals surface area (Å²) < 4.78 is 5.96. The third kappa shape index (κ3) is 3.61. The molecule has 1 saturated heterocycles. The van der Waals surface area contributed by atoms with Crippen molar-refractivity contribution in [2.45, 2.75) is 12.5 Å². The van der Waals surface area contributed by atoms with Crippen LogP contribution in [0.4, 0.5) is 0 Å². The fourth-order valence-corrected chi connectivity index (χ4v) is 2.68. The molecule has 0 spiro atoms. The Hall–Kier alpha value is -0.780. The van der Waals surface area contributed by atoms with Crippen LogP contribution in [0.2, 0.25) is 0 Å². The second-order valence-electron chi connectivity index (χ2n) is 4.41. The Labute approximate surface area is 128 Å². The second kappa shape index (κ2) is 7.12. The van der Waals surface area contributed by atoms with Gasteiger partial charge in [0.1, 0.15) is 5.75 Å². The summed E-state index contributed by atoms with van der Waals surface area (Å²) in [5.41, 5.74) is 0.678. The number of rotatable bonds is 3. The maximum atomic E-state index is 12.3. The van der Waals surface area contributed by atoms with E-state index < -0.39 is 0 Å². The van der Waals surface area contributed by atoms with Crippen LogP contribution >= 0.6 is 28.3 Å². The molecule has 2 rings (SSSR count). The van der Waals surface area contributed by atoms with E-state index in [0.29, 0.717) is 11.6 Å². The van der Waals surface area contributed by atoms with Crippen molar-refractivity contribution >= 4 is 34.2 Å². The van der Waals surface area contributed by atoms with Crippen LogP contribution in [0.15, 0.2) is 22.7 Å². The SMILES string of the molecule is COc1ccc(C(=O)N(C)C2CCNC2)cc1Br.Cl. The molecule has 1 atom stereocenters. The molecule has 19 heavy (non-hydrogen) atoms. The molecule has 1 aliphatic rings. The number of methoxy groups -OCH3 is 1. The lowest BCUT2D eigenvalue weighted by atomic mass is 10.1. The smallest absolute Gasteiger partial charge is 0.253 e. The lowest BCUT2D eigenvalue weighted by Crippen LogP contribution is -2.38. The first-order chi connectivity index (χ1) is 8.63. The minimum Gasteiger partial charge on any atom is -0.496 e. The Morgan fingerprint density at radius 2 is 2.26 bits per heavy atom. The van der Waals surface area contributed by atoms with Crippen molar-refractivity contribution in [3.63, 3.8) is 0 Å². The first-order valence-corrected chi connectivity index (χ1v) is 6.74. The molecular formula is C13H18BrClN2O2. The zero-order valence-electron chi connectivity index (χ0n) is 11.0. The standard InChI is InChI=1S/C13H17BrN2O2.ClH/c1-16(10-5-6-15-8-10)13(17)9-3-4-12(18-2)11(14)7-9;/h3-4,7,10,15H,5-6,8H2,1-2H3;1H. The molecule has 1 aromatic carbocycles. The highest BCUT2D eigenvalue weighted by Crippen LogP contribution is 2.26. The van der Waals surface area contributed by atoms with Gasteiger partial charge in [-0.05, 0) is 47.1 Å². The number of ether oxygens (including phenoxy) is 1. The van der Waals surface area contributed by atoms with Crippen molar-refractivity contribution in [1.29, 1.82) is 0 Å². The van der Waals surface area contributed by atoms with E-state index in [1.807, 2.05) is 11.9 Å². The van der Waals surface area contributed by atoms with E-state index in [0.717, 1.165) is 29.7 Å². The number of nitrogens with zero attached hydrogens (tertiary/aromatic N) is 1. The van der Waals surface area contributed by atoms with Gasteiger partial charge in [-0.1, -0.05) is 0 Å². The van der Waals surface area contributed by atoms with Crippen molar-refractivity contribution < 1.29 is 9.53 Å². The molecular weight excluding hydrogens is 332 g/mol. The van der Waals surface area contributed by atoms with Gasteiger partial charge in [-0.25, -0.2) is 0 Å². The predicted molar refractivity (Wildman–Crippen MR) is 81.3 cm³/mol. The van der Waals surface area contributed by atoms with E-state index in [2.05, 4.69) is 21.2 Å². The fourth-order valence-electron chi connectivity index (χ4n) is 2.14. The summed E-state index contributed by atoms with van der Waals surface area (Å²) in [7, 11) is 3.47. The zero-order chi connectivity index (χ0) is 13.1. The summed E-state index contributed by atoms with van der Waals surface area (Å²) >= 11 is 3.40. The van der Waals surface area contributed by atoms with Gasteiger partial charge in [-0.3, -0.25) is 4.79 Å². The molecule has 1 unspecified atom stereocenters. The molecule has 1 amide bonds. The summed E-state index contributed by atoms with van der Waals surface area (Å²) in [6.45, 7) is 1.86. The number of benzene rings is 1. The molecule has 4 nitrogen and oxygen atoms in total. The topological polar surface area (TPSA) is 41.6 Å². The van der Waals surface area contributed by atoms with Crippen molar-refractivity contribution in [2.24, 2.45) is 0 Å². The Morgan fingerprint density at radius 1 is 1.53 bits per heavy atom. The molecule has 1 aliphatic heterocycles. The first kappa shape index (κ1) is 16.3. The normalized spacial score (nSPS) is 17.7. The zero-order valence-corrected chi connectivity index (χ0v) is 13.4. The van der Waals surface area contributed by atoms with Gasteiger partial charge in [0.25, 0.3) is 5.91 Å². The molecule has 1 aromatic rings. The number of halogens is 2. The van der Waals surface area contributed by atoms with Crippen molar-refractivity contribution in [3.8, 4) is 5.75 Å². The maximum absolute atomic E-state index is 12.3. The number of hydrogen-bond acceptors (Lipinski definition) is 3. The van der Waals surface area contributed by atoms with Crippen LogP contribution in [-0.2, 0) is 0 Å². The number of carbonyl (C=O) groups excluding carboxylic acids is 1. The van der Waals surface area contributed by atoms with Gasteiger partial charge in [0, 0.05) is 25.2 Å². The molecule has 6 heteroatoms. The Bertz CT molecular complexity index is 450. The highest BCUT2D eigenvalue weighted by Gasteiger charge is 2.24. The monoisotopic (exact) mass is 348 g/mol. The van der Waals surface area contributed by atoms with Crippen LogP contribution in [-0.4, -0.2) is 44.1 Å².